The third-order valence-corrected chi connectivity index (χ3v) is 6.49. The van der Waals surface area contributed by atoms with Gasteiger partial charge in [-0.15, -0.1) is 4.40 Å². The lowest BCUT2D eigenvalue weighted by Gasteiger charge is -2.34. The Morgan fingerprint density at radius 2 is 1.63 bits per heavy atom. The first-order valence-corrected chi connectivity index (χ1v) is 10.8. The number of benzene rings is 1. The molecule has 0 radical (unpaired) electrons. The quantitative estimate of drug-likeness (QED) is 0.591. The summed E-state index contributed by atoms with van der Waals surface area (Å²) in [6.07, 6.45) is 0.859. The van der Waals surface area contributed by atoms with Gasteiger partial charge in [-0.2, -0.15) is 8.42 Å². The molecule has 2 heterocycles. The van der Waals surface area contributed by atoms with Gasteiger partial charge < -0.3 is 19.3 Å². The molecule has 0 saturated carbocycles. The van der Waals surface area contributed by atoms with E-state index in [0.717, 1.165) is 4.90 Å². The second-order valence-corrected chi connectivity index (χ2v) is 8.57. The molecule has 0 N–H and O–H groups in total. The van der Waals surface area contributed by atoms with E-state index in [4.69, 9.17) is 0 Å². The number of ether oxygens (including phenoxy) is 2. The van der Waals surface area contributed by atoms with E-state index in [1.807, 2.05) is 4.90 Å². The van der Waals surface area contributed by atoms with Crippen LogP contribution in [0.25, 0.3) is 0 Å². The number of carbonyl (C=O) groups is 3. The van der Waals surface area contributed by atoms with Crippen LogP contribution in [0, 0.1) is 5.92 Å². The van der Waals surface area contributed by atoms with Crippen molar-refractivity contribution < 1.29 is 32.3 Å². The average Bonchev–Trinajstić information content (AvgIpc) is 3.03. The second kappa shape index (κ2) is 8.82. The van der Waals surface area contributed by atoms with Crippen molar-refractivity contribution in [1.29, 1.82) is 0 Å². The van der Waals surface area contributed by atoms with Crippen LogP contribution in [0.4, 0.5) is 0 Å². The Hall–Kier alpha value is -2.95. The number of likely N-dealkylation sites (tertiary alicyclic amines) is 1. The summed E-state index contributed by atoms with van der Waals surface area (Å²) in [4.78, 5) is 39.3. The van der Waals surface area contributed by atoms with E-state index in [9.17, 15) is 22.8 Å². The fourth-order valence-corrected chi connectivity index (χ4v) is 4.79. The molecule has 11 heteroatoms. The van der Waals surface area contributed by atoms with Crippen LogP contribution in [-0.2, 0) is 33.9 Å². The van der Waals surface area contributed by atoms with Crippen LogP contribution < -0.4 is 0 Å². The van der Waals surface area contributed by atoms with Gasteiger partial charge in [-0.3, -0.25) is 14.4 Å². The van der Waals surface area contributed by atoms with Crippen molar-refractivity contribution in [2.45, 2.75) is 17.7 Å². The van der Waals surface area contributed by atoms with Gasteiger partial charge in [0.05, 0.1) is 14.2 Å². The van der Waals surface area contributed by atoms with Crippen LogP contribution in [0.3, 0.4) is 0 Å². The molecule has 162 valence electrons. The lowest BCUT2D eigenvalue weighted by atomic mass is 9.94. The van der Waals surface area contributed by atoms with Gasteiger partial charge in [0.15, 0.2) is 5.84 Å². The lowest BCUT2D eigenvalue weighted by molar-refractivity contribution is -0.154. The number of carbonyl (C=O) groups excluding carboxylic acids is 3. The largest absolute Gasteiger partial charge is 0.468 e. The Balaban J connectivity index is 1.69. The number of nitrogens with zero attached hydrogens (tertiary/aromatic N) is 3. The minimum Gasteiger partial charge on any atom is -0.468 e. The SMILES string of the molecule is COC(=O)CN(CC(=O)OC)C(=O)C1CCN(C2=NS(=O)(=O)c3ccccc32)CC1. The van der Waals surface area contributed by atoms with Crippen LogP contribution in [0.5, 0.6) is 0 Å². The van der Waals surface area contributed by atoms with Gasteiger partial charge in [-0.1, -0.05) is 12.1 Å². The molecule has 0 bridgehead atoms. The molecule has 1 aromatic rings. The Morgan fingerprint density at radius 3 is 2.20 bits per heavy atom. The predicted molar refractivity (Wildman–Crippen MR) is 105 cm³/mol. The normalized spacial score (nSPS) is 17.7. The Morgan fingerprint density at radius 1 is 1.07 bits per heavy atom. The maximum Gasteiger partial charge on any atom is 0.325 e. The smallest absolute Gasteiger partial charge is 0.325 e. The number of rotatable bonds is 5. The Bertz CT molecular complexity index is 964. The van der Waals surface area contributed by atoms with Crippen molar-refractivity contribution in [3.8, 4) is 0 Å². The molecule has 30 heavy (non-hydrogen) atoms. The molecule has 3 rings (SSSR count). The summed E-state index contributed by atoms with van der Waals surface area (Å²) < 4.78 is 37.7. The summed E-state index contributed by atoms with van der Waals surface area (Å²) in [6, 6.07) is 6.64. The zero-order valence-electron chi connectivity index (χ0n) is 16.7. The number of esters is 2. The van der Waals surface area contributed by atoms with Crippen molar-refractivity contribution in [2.24, 2.45) is 10.3 Å². The third-order valence-electron chi connectivity index (χ3n) is 5.16. The minimum absolute atomic E-state index is 0.181. The molecule has 0 unspecified atom stereocenters. The van der Waals surface area contributed by atoms with E-state index in [-0.39, 0.29) is 23.9 Å². The number of methoxy groups -OCH3 is 2. The summed E-state index contributed by atoms with van der Waals surface area (Å²) in [6.45, 7) is 0.152. The molecule has 1 amide bonds. The van der Waals surface area contributed by atoms with Gasteiger partial charge in [-0.25, -0.2) is 0 Å². The molecular weight excluding hydrogens is 414 g/mol. The highest BCUT2D eigenvalue weighted by Gasteiger charge is 2.36. The average molecular weight is 437 g/mol. The lowest BCUT2D eigenvalue weighted by Crippen LogP contribution is -2.47. The predicted octanol–water partition coefficient (Wildman–Crippen LogP) is 0.0221. The van der Waals surface area contributed by atoms with E-state index in [2.05, 4.69) is 13.9 Å². The Labute approximate surface area is 174 Å². The molecular formula is C19H23N3O7S. The topological polar surface area (TPSA) is 123 Å². The number of sulfonamides is 1. The van der Waals surface area contributed by atoms with Crippen LogP contribution in [0.15, 0.2) is 33.6 Å². The summed E-state index contributed by atoms with van der Waals surface area (Å²) in [7, 11) is -1.30. The fourth-order valence-electron chi connectivity index (χ4n) is 3.57. The first kappa shape index (κ1) is 21.8. The number of fused-ring (bicyclic) bond motifs is 1. The number of amides is 1. The van der Waals surface area contributed by atoms with E-state index < -0.39 is 27.9 Å². The van der Waals surface area contributed by atoms with Crippen LogP contribution >= 0.6 is 0 Å². The molecule has 10 nitrogen and oxygen atoms in total. The summed E-state index contributed by atoms with van der Waals surface area (Å²) in [5.74, 6) is -1.63. The molecule has 0 aliphatic carbocycles. The van der Waals surface area contributed by atoms with E-state index in [1.165, 1.54) is 20.3 Å². The molecule has 1 aromatic carbocycles. The Kier molecular flexibility index (Phi) is 6.40. The van der Waals surface area contributed by atoms with Crippen molar-refractivity contribution in [2.75, 3.05) is 40.4 Å². The summed E-state index contributed by atoms with van der Waals surface area (Å²) in [5, 5.41) is 0. The van der Waals surface area contributed by atoms with Gasteiger partial charge in [0.2, 0.25) is 5.91 Å². The molecule has 0 aromatic heterocycles. The van der Waals surface area contributed by atoms with Gasteiger partial charge in [0.1, 0.15) is 18.0 Å². The summed E-state index contributed by atoms with van der Waals surface area (Å²) >= 11 is 0. The minimum atomic E-state index is -3.71. The first-order valence-electron chi connectivity index (χ1n) is 9.38. The zero-order chi connectivity index (χ0) is 21.9. The van der Waals surface area contributed by atoms with Crippen molar-refractivity contribution in [3.05, 3.63) is 29.8 Å². The molecule has 0 atom stereocenters. The second-order valence-electron chi connectivity index (χ2n) is 6.99. The molecule has 2 aliphatic heterocycles. The van der Waals surface area contributed by atoms with Crippen molar-refractivity contribution >= 4 is 33.7 Å². The first-order chi connectivity index (χ1) is 14.3. The number of hydrogen-bond donors (Lipinski definition) is 0. The highest BCUT2D eigenvalue weighted by molar-refractivity contribution is 7.90. The van der Waals surface area contributed by atoms with Gasteiger partial charge in [0.25, 0.3) is 10.0 Å². The number of amidine groups is 1. The molecule has 2 aliphatic rings. The van der Waals surface area contributed by atoms with Crippen LogP contribution in [-0.4, -0.2) is 82.3 Å². The van der Waals surface area contributed by atoms with E-state index in [1.54, 1.807) is 18.2 Å². The van der Waals surface area contributed by atoms with E-state index in [0.29, 0.717) is 37.3 Å². The maximum absolute atomic E-state index is 12.9. The van der Waals surface area contributed by atoms with Gasteiger partial charge in [0, 0.05) is 24.6 Å². The molecule has 1 saturated heterocycles. The molecule has 1 fully saturated rings. The fraction of sp³-hybridized carbons (Fsp3) is 0.474. The number of hydrogen-bond acceptors (Lipinski definition) is 8. The van der Waals surface area contributed by atoms with Crippen LogP contribution in [0.2, 0.25) is 0 Å². The molecule has 0 spiro atoms. The van der Waals surface area contributed by atoms with Crippen molar-refractivity contribution in [1.82, 2.24) is 9.80 Å². The third kappa shape index (κ3) is 4.45. The van der Waals surface area contributed by atoms with Crippen LogP contribution in [0.1, 0.15) is 18.4 Å². The zero-order valence-corrected chi connectivity index (χ0v) is 17.6. The highest BCUT2D eigenvalue weighted by Crippen LogP contribution is 2.30. The summed E-state index contributed by atoms with van der Waals surface area (Å²) in [5.41, 5.74) is 0.556. The maximum atomic E-state index is 12.9. The number of piperidine rings is 1. The van der Waals surface area contributed by atoms with Gasteiger partial charge in [-0.05, 0) is 25.0 Å². The van der Waals surface area contributed by atoms with Crippen molar-refractivity contribution in [3.63, 3.8) is 0 Å². The standard InChI is InChI=1S/C19H23N3O7S/c1-28-16(23)11-22(12-17(24)29-2)19(25)13-7-9-21(10-8-13)18-14-5-3-4-6-15(14)30(26,27)20-18/h3-6,13H,7-12H2,1-2H3. The monoisotopic (exact) mass is 437 g/mol. The van der Waals surface area contributed by atoms with Gasteiger partial charge >= 0.3 is 11.9 Å². The highest BCUT2D eigenvalue weighted by atomic mass is 32.2. The van der Waals surface area contributed by atoms with E-state index >= 15 is 0 Å².